The Labute approximate surface area is 151 Å². The number of hydrogen-bond donors (Lipinski definition) is 1. The van der Waals surface area contributed by atoms with Gasteiger partial charge in [0, 0.05) is 57.6 Å². The summed E-state index contributed by atoms with van der Waals surface area (Å²) in [5.74, 6) is 2.65. The fourth-order valence-electron chi connectivity index (χ4n) is 3.88. The molecular formula is C19H31N5O. The second-order valence-corrected chi connectivity index (χ2v) is 7.59. The van der Waals surface area contributed by atoms with Crippen molar-refractivity contribution in [2.24, 2.45) is 11.8 Å². The van der Waals surface area contributed by atoms with E-state index in [1.807, 2.05) is 11.0 Å². The molecule has 1 aromatic heterocycles. The van der Waals surface area contributed by atoms with Gasteiger partial charge < -0.3 is 15.1 Å². The van der Waals surface area contributed by atoms with Gasteiger partial charge in [-0.25, -0.2) is 9.97 Å². The summed E-state index contributed by atoms with van der Waals surface area (Å²) in [5, 5.41) is 3.60. The van der Waals surface area contributed by atoms with Crippen LogP contribution in [0.4, 0.5) is 5.95 Å². The maximum absolute atomic E-state index is 12.4. The Hall–Kier alpha value is -1.69. The lowest BCUT2D eigenvalue weighted by atomic mass is 9.79. The number of rotatable bonds is 5. The van der Waals surface area contributed by atoms with Crippen molar-refractivity contribution in [2.45, 2.75) is 45.6 Å². The minimum atomic E-state index is 0.262. The first-order valence-corrected chi connectivity index (χ1v) is 9.66. The quantitative estimate of drug-likeness (QED) is 0.883. The van der Waals surface area contributed by atoms with Crippen molar-refractivity contribution < 1.29 is 4.79 Å². The van der Waals surface area contributed by atoms with Gasteiger partial charge in [-0.05, 0) is 37.2 Å². The van der Waals surface area contributed by atoms with E-state index in [1.54, 1.807) is 12.4 Å². The monoisotopic (exact) mass is 345 g/mol. The highest BCUT2D eigenvalue weighted by atomic mass is 16.2. The highest BCUT2D eigenvalue weighted by molar-refractivity contribution is 5.76. The van der Waals surface area contributed by atoms with Gasteiger partial charge in [0.15, 0.2) is 0 Å². The van der Waals surface area contributed by atoms with E-state index in [2.05, 4.69) is 34.0 Å². The van der Waals surface area contributed by atoms with E-state index >= 15 is 0 Å². The number of amides is 1. The third-order valence-electron chi connectivity index (χ3n) is 5.84. The van der Waals surface area contributed by atoms with Crippen LogP contribution in [0.25, 0.3) is 0 Å². The average Bonchev–Trinajstić information content (AvgIpc) is 2.65. The number of carbonyl (C=O) groups excluding carboxylic acids is 1. The van der Waals surface area contributed by atoms with Gasteiger partial charge in [0.05, 0.1) is 0 Å². The summed E-state index contributed by atoms with van der Waals surface area (Å²) in [7, 11) is 0. The van der Waals surface area contributed by atoms with Crippen molar-refractivity contribution in [3.05, 3.63) is 18.5 Å². The number of nitrogens with one attached hydrogen (secondary N) is 1. The summed E-state index contributed by atoms with van der Waals surface area (Å²) < 4.78 is 0. The predicted octanol–water partition coefficient (Wildman–Crippen LogP) is 1.93. The molecule has 0 radical (unpaired) electrons. The van der Waals surface area contributed by atoms with E-state index in [0.29, 0.717) is 12.5 Å². The summed E-state index contributed by atoms with van der Waals surface area (Å²) in [6.45, 7) is 8.63. The third kappa shape index (κ3) is 4.91. The molecule has 1 aliphatic heterocycles. The molecule has 1 aliphatic carbocycles. The molecule has 1 amide bonds. The van der Waals surface area contributed by atoms with Gasteiger partial charge in [-0.1, -0.05) is 13.8 Å². The Morgan fingerprint density at radius 1 is 1.12 bits per heavy atom. The zero-order valence-corrected chi connectivity index (χ0v) is 15.5. The molecule has 3 atom stereocenters. The van der Waals surface area contributed by atoms with E-state index < -0.39 is 0 Å². The fourth-order valence-corrected chi connectivity index (χ4v) is 3.88. The molecule has 25 heavy (non-hydrogen) atoms. The lowest BCUT2D eigenvalue weighted by molar-refractivity contribution is -0.131. The van der Waals surface area contributed by atoms with Crippen molar-refractivity contribution >= 4 is 11.9 Å². The van der Waals surface area contributed by atoms with Crippen LogP contribution in [0, 0.1) is 11.8 Å². The topological polar surface area (TPSA) is 61.4 Å². The minimum Gasteiger partial charge on any atom is -0.339 e. The first-order chi connectivity index (χ1) is 12.1. The lowest BCUT2D eigenvalue weighted by Gasteiger charge is -2.35. The Balaban J connectivity index is 1.36. The van der Waals surface area contributed by atoms with E-state index in [9.17, 15) is 4.79 Å². The Morgan fingerprint density at radius 3 is 2.52 bits per heavy atom. The number of piperazine rings is 1. The maximum atomic E-state index is 12.4. The maximum Gasteiger partial charge on any atom is 0.225 e. The second kappa shape index (κ2) is 8.61. The SMILES string of the molecule is C[C@@H]1CC[C@H](NCCC(=O)N2CCN(c3ncccn3)CC2)C[C@H]1C. The highest BCUT2D eigenvalue weighted by Crippen LogP contribution is 2.29. The normalized spacial score (nSPS) is 27.4. The average molecular weight is 345 g/mol. The summed E-state index contributed by atoms with van der Waals surface area (Å²) in [5.41, 5.74) is 0. The Kier molecular flexibility index (Phi) is 6.24. The van der Waals surface area contributed by atoms with Crippen LogP contribution in [-0.2, 0) is 4.79 Å². The number of hydrogen-bond acceptors (Lipinski definition) is 5. The standard InChI is InChI=1S/C19H31N5O/c1-15-4-5-17(14-16(15)2)20-9-6-18(25)23-10-12-24(13-11-23)19-21-7-3-8-22-19/h3,7-8,15-17,20H,4-6,9-14H2,1-2H3/t15-,16-,17+/m1/s1. The van der Waals surface area contributed by atoms with E-state index in [1.165, 1.54) is 19.3 Å². The van der Waals surface area contributed by atoms with Crippen molar-refractivity contribution in [1.82, 2.24) is 20.2 Å². The van der Waals surface area contributed by atoms with Crippen LogP contribution in [-0.4, -0.2) is 59.5 Å². The van der Waals surface area contributed by atoms with E-state index in [0.717, 1.165) is 50.5 Å². The van der Waals surface area contributed by atoms with Crippen LogP contribution in [0.5, 0.6) is 0 Å². The van der Waals surface area contributed by atoms with Crippen LogP contribution in [0.15, 0.2) is 18.5 Å². The van der Waals surface area contributed by atoms with Crippen LogP contribution >= 0.6 is 0 Å². The zero-order chi connectivity index (χ0) is 17.6. The van der Waals surface area contributed by atoms with Crippen LogP contribution in [0.2, 0.25) is 0 Å². The molecule has 1 saturated heterocycles. The molecule has 0 unspecified atom stereocenters. The van der Waals surface area contributed by atoms with Gasteiger partial charge in [-0.2, -0.15) is 0 Å². The van der Waals surface area contributed by atoms with Crippen LogP contribution in [0.1, 0.15) is 39.5 Å². The summed E-state index contributed by atoms with van der Waals surface area (Å²) in [6.07, 6.45) is 7.91. The lowest BCUT2D eigenvalue weighted by Crippen LogP contribution is -2.49. The fraction of sp³-hybridized carbons (Fsp3) is 0.737. The molecule has 2 fully saturated rings. The molecule has 6 nitrogen and oxygen atoms in total. The van der Waals surface area contributed by atoms with Gasteiger partial charge >= 0.3 is 0 Å². The molecule has 6 heteroatoms. The van der Waals surface area contributed by atoms with Gasteiger partial charge in [-0.3, -0.25) is 4.79 Å². The minimum absolute atomic E-state index is 0.262. The number of aromatic nitrogens is 2. The van der Waals surface area contributed by atoms with Crippen molar-refractivity contribution in [1.29, 1.82) is 0 Å². The number of carbonyl (C=O) groups is 1. The molecule has 2 aliphatic rings. The first-order valence-electron chi connectivity index (χ1n) is 9.66. The molecule has 3 rings (SSSR count). The summed E-state index contributed by atoms with van der Waals surface area (Å²) >= 11 is 0. The smallest absolute Gasteiger partial charge is 0.225 e. The molecule has 2 heterocycles. The first kappa shape index (κ1) is 18.1. The molecule has 0 aromatic carbocycles. The van der Waals surface area contributed by atoms with Gasteiger partial charge in [0.1, 0.15) is 0 Å². The highest BCUT2D eigenvalue weighted by Gasteiger charge is 2.25. The Morgan fingerprint density at radius 2 is 1.84 bits per heavy atom. The summed E-state index contributed by atoms with van der Waals surface area (Å²) in [6, 6.07) is 2.41. The van der Waals surface area contributed by atoms with Gasteiger partial charge in [-0.15, -0.1) is 0 Å². The van der Waals surface area contributed by atoms with Crippen molar-refractivity contribution in [3.63, 3.8) is 0 Å². The van der Waals surface area contributed by atoms with Gasteiger partial charge in [0.2, 0.25) is 11.9 Å². The molecule has 0 bridgehead atoms. The molecule has 1 N–H and O–H groups in total. The van der Waals surface area contributed by atoms with Crippen molar-refractivity contribution in [2.75, 3.05) is 37.6 Å². The van der Waals surface area contributed by atoms with Crippen LogP contribution < -0.4 is 10.2 Å². The summed E-state index contributed by atoms with van der Waals surface area (Å²) in [4.78, 5) is 25.1. The number of anilines is 1. The molecule has 1 aromatic rings. The number of nitrogens with zero attached hydrogens (tertiary/aromatic N) is 4. The van der Waals surface area contributed by atoms with Crippen molar-refractivity contribution in [3.8, 4) is 0 Å². The van der Waals surface area contributed by atoms with E-state index in [-0.39, 0.29) is 5.91 Å². The molecule has 1 saturated carbocycles. The predicted molar refractivity (Wildman–Crippen MR) is 99.4 cm³/mol. The molecule has 0 spiro atoms. The molecule has 138 valence electrons. The molecular weight excluding hydrogens is 314 g/mol. The Bertz CT molecular complexity index is 544. The third-order valence-corrected chi connectivity index (χ3v) is 5.84. The largest absolute Gasteiger partial charge is 0.339 e. The zero-order valence-electron chi connectivity index (χ0n) is 15.5. The second-order valence-electron chi connectivity index (χ2n) is 7.59. The van der Waals surface area contributed by atoms with Gasteiger partial charge in [0.25, 0.3) is 0 Å². The van der Waals surface area contributed by atoms with Crippen LogP contribution in [0.3, 0.4) is 0 Å². The van der Waals surface area contributed by atoms with E-state index in [4.69, 9.17) is 0 Å².